The summed E-state index contributed by atoms with van der Waals surface area (Å²) in [4.78, 5) is 12.2. The Bertz CT molecular complexity index is 948. The van der Waals surface area contributed by atoms with Gasteiger partial charge in [0.25, 0.3) is 5.91 Å². The lowest BCUT2D eigenvalue weighted by Gasteiger charge is -2.15. The van der Waals surface area contributed by atoms with Gasteiger partial charge in [-0.3, -0.25) is 4.79 Å². The number of ether oxygens (including phenoxy) is 2. The highest BCUT2D eigenvalue weighted by Gasteiger charge is 2.20. The summed E-state index contributed by atoms with van der Waals surface area (Å²) in [7, 11) is 0.588. The molecule has 0 aliphatic carbocycles. The monoisotopic (exact) mass is 432 g/mol. The average molecular weight is 433 g/mol. The molecule has 2 aromatic carbocycles. The first-order valence-electron chi connectivity index (χ1n) is 7.63. The summed E-state index contributed by atoms with van der Waals surface area (Å²) >= 11 is 11.8. The summed E-state index contributed by atoms with van der Waals surface area (Å²) in [6.45, 7) is -0.338. The van der Waals surface area contributed by atoms with Crippen LogP contribution in [0, 0.1) is 0 Å². The molecule has 146 valence electrons. The summed E-state index contributed by atoms with van der Waals surface area (Å²) in [5.74, 6) is 0.0939. The minimum Gasteiger partial charge on any atom is -0.495 e. The Hall–Kier alpha value is -2.00. The second-order valence-corrected chi connectivity index (χ2v) is 8.56. The van der Waals surface area contributed by atoms with Crippen LogP contribution in [0.4, 0.5) is 5.69 Å². The van der Waals surface area contributed by atoms with Gasteiger partial charge in [0, 0.05) is 19.1 Å². The van der Waals surface area contributed by atoms with E-state index in [4.69, 9.17) is 32.7 Å². The van der Waals surface area contributed by atoms with E-state index < -0.39 is 15.9 Å². The lowest BCUT2D eigenvalue weighted by Crippen LogP contribution is -2.23. The van der Waals surface area contributed by atoms with E-state index in [0.29, 0.717) is 16.5 Å². The lowest BCUT2D eigenvalue weighted by molar-refractivity contribution is -0.118. The van der Waals surface area contributed by atoms with Gasteiger partial charge in [-0.05, 0) is 36.4 Å². The molecule has 0 unspecified atom stereocenters. The van der Waals surface area contributed by atoms with Gasteiger partial charge >= 0.3 is 0 Å². The second-order valence-electron chi connectivity index (χ2n) is 5.56. The Morgan fingerprint density at radius 3 is 2.37 bits per heavy atom. The summed E-state index contributed by atoms with van der Waals surface area (Å²) in [5, 5.41) is 3.29. The van der Waals surface area contributed by atoms with Gasteiger partial charge in [0.2, 0.25) is 10.0 Å². The number of hydrogen-bond donors (Lipinski definition) is 1. The largest absolute Gasteiger partial charge is 0.495 e. The molecule has 0 aliphatic rings. The number of nitrogens with zero attached hydrogens (tertiary/aromatic N) is 1. The van der Waals surface area contributed by atoms with Crippen molar-refractivity contribution in [1.82, 2.24) is 4.31 Å². The van der Waals surface area contributed by atoms with Gasteiger partial charge in [0.05, 0.1) is 22.7 Å². The number of carbonyl (C=O) groups is 1. The van der Waals surface area contributed by atoms with E-state index in [1.165, 1.54) is 45.5 Å². The summed E-state index contributed by atoms with van der Waals surface area (Å²) in [5.41, 5.74) is 0.205. The summed E-state index contributed by atoms with van der Waals surface area (Å²) in [6, 6.07) is 8.80. The minimum absolute atomic E-state index is 0.0188. The van der Waals surface area contributed by atoms with Gasteiger partial charge in [-0.15, -0.1) is 0 Å². The van der Waals surface area contributed by atoms with Crippen LogP contribution in [0.25, 0.3) is 0 Å². The summed E-state index contributed by atoms with van der Waals surface area (Å²) < 4.78 is 36.1. The Labute approximate surface area is 167 Å². The second kappa shape index (κ2) is 8.79. The first kappa shape index (κ1) is 21.3. The molecular weight excluding hydrogens is 415 g/mol. The minimum atomic E-state index is -3.66. The van der Waals surface area contributed by atoms with Crippen LogP contribution >= 0.6 is 23.2 Å². The van der Waals surface area contributed by atoms with Crippen LogP contribution < -0.4 is 14.8 Å². The number of amides is 1. The molecule has 10 heteroatoms. The highest BCUT2D eigenvalue weighted by molar-refractivity contribution is 7.89. The van der Waals surface area contributed by atoms with Gasteiger partial charge in [0.1, 0.15) is 11.5 Å². The van der Waals surface area contributed by atoms with E-state index in [1.807, 2.05) is 0 Å². The molecule has 0 spiro atoms. The molecule has 0 bridgehead atoms. The fourth-order valence-corrected chi connectivity index (χ4v) is 3.47. The van der Waals surface area contributed by atoms with E-state index >= 15 is 0 Å². The first-order valence-corrected chi connectivity index (χ1v) is 9.83. The number of halogens is 2. The molecule has 0 aliphatic heterocycles. The molecule has 0 heterocycles. The van der Waals surface area contributed by atoms with Crippen LogP contribution in [-0.4, -0.2) is 46.4 Å². The van der Waals surface area contributed by atoms with E-state index in [2.05, 4.69) is 5.32 Å². The highest BCUT2D eigenvalue weighted by atomic mass is 35.5. The normalized spacial score (nSPS) is 11.3. The number of methoxy groups -OCH3 is 1. The molecule has 0 saturated carbocycles. The Kier molecular flexibility index (Phi) is 6.94. The van der Waals surface area contributed by atoms with Crippen LogP contribution in [-0.2, 0) is 14.8 Å². The number of sulfonamides is 1. The third-order valence-corrected chi connectivity index (χ3v) is 5.82. The molecule has 0 fully saturated rings. The van der Waals surface area contributed by atoms with Gasteiger partial charge in [-0.2, -0.15) is 0 Å². The van der Waals surface area contributed by atoms with Crippen molar-refractivity contribution in [3.63, 3.8) is 0 Å². The van der Waals surface area contributed by atoms with Crippen LogP contribution in [0.2, 0.25) is 10.0 Å². The number of rotatable bonds is 7. The maximum atomic E-state index is 12.3. The molecule has 1 N–H and O–H groups in total. The van der Waals surface area contributed by atoms with E-state index in [9.17, 15) is 13.2 Å². The maximum Gasteiger partial charge on any atom is 0.262 e. The molecule has 0 radical (unpaired) electrons. The molecular formula is C17H18Cl2N2O5S. The van der Waals surface area contributed by atoms with Gasteiger partial charge in [-0.25, -0.2) is 12.7 Å². The van der Waals surface area contributed by atoms with Crippen molar-refractivity contribution in [1.29, 1.82) is 0 Å². The third-order valence-electron chi connectivity index (χ3n) is 3.48. The number of nitrogens with one attached hydrogen (secondary N) is 1. The first-order chi connectivity index (χ1) is 12.6. The molecule has 0 saturated heterocycles. The van der Waals surface area contributed by atoms with Crippen LogP contribution in [0.3, 0.4) is 0 Å². The maximum absolute atomic E-state index is 12.3. The van der Waals surface area contributed by atoms with Crippen molar-refractivity contribution in [2.45, 2.75) is 4.90 Å². The van der Waals surface area contributed by atoms with E-state index in [1.54, 1.807) is 12.1 Å². The molecule has 0 atom stereocenters. The molecule has 7 nitrogen and oxygen atoms in total. The zero-order chi connectivity index (χ0) is 20.2. The Morgan fingerprint density at radius 2 is 1.78 bits per heavy atom. The zero-order valence-corrected chi connectivity index (χ0v) is 17.2. The Balaban J connectivity index is 2.16. The SMILES string of the molecule is COc1ccc(S(=O)(=O)N(C)C)cc1NC(=O)COc1ccc(Cl)cc1Cl. The zero-order valence-electron chi connectivity index (χ0n) is 14.8. The van der Waals surface area contributed by atoms with E-state index in [-0.39, 0.29) is 22.2 Å². The molecule has 1 amide bonds. The lowest BCUT2D eigenvalue weighted by atomic mass is 10.3. The number of hydrogen-bond acceptors (Lipinski definition) is 5. The van der Waals surface area contributed by atoms with Gasteiger partial charge in [0.15, 0.2) is 6.61 Å². The molecule has 2 aromatic rings. The highest BCUT2D eigenvalue weighted by Crippen LogP contribution is 2.29. The standard InChI is InChI=1S/C17H18Cl2N2O5S/c1-21(2)27(23,24)12-5-7-16(25-3)14(9-12)20-17(22)10-26-15-6-4-11(18)8-13(15)19/h4-9H,10H2,1-3H3,(H,20,22). The molecule has 2 rings (SSSR count). The predicted molar refractivity (Wildman–Crippen MR) is 104 cm³/mol. The van der Waals surface area contributed by atoms with Crippen molar-refractivity contribution >= 4 is 44.8 Å². The van der Waals surface area contributed by atoms with Gasteiger partial charge in [-0.1, -0.05) is 23.2 Å². The predicted octanol–water partition coefficient (Wildman–Crippen LogP) is 3.27. The summed E-state index contributed by atoms with van der Waals surface area (Å²) in [6.07, 6.45) is 0. The fourth-order valence-electron chi connectivity index (χ4n) is 2.08. The van der Waals surface area contributed by atoms with Crippen LogP contribution in [0.15, 0.2) is 41.3 Å². The molecule has 27 heavy (non-hydrogen) atoms. The smallest absolute Gasteiger partial charge is 0.262 e. The van der Waals surface area contributed by atoms with Crippen molar-refractivity contribution < 1.29 is 22.7 Å². The van der Waals surface area contributed by atoms with Crippen molar-refractivity contribution in [2.75, 3.05) is 33.1 Å². The average Bonchev–Trinajstić information content (AvgIpc) is 2.60. The molecule has 0 aromatic heterocycles. The van der Waals surface area contributed by atoms with Crippen molar-refractivity contribution in [3.8, 4) is 11.5 Å². The Morgan fingerprint density at radius 1 is 1.11 bits per heavy atom. The number of benzene rings is 2. The fraction of sp³-hybridized carbons (Fsp3) is 0.235. The van der Waals surface area contributed by atoms with Crippen molar-refractivity contribution in [3.05, 3.63) is 46.4 Å². The number of carbonyl (C=O) groups excluding carboxylic acids is 1. The van der Waals surface area contributed by atoms with E-state index in [0.717, 1.165) is 4.31 Å². The van der Waals surface area contributed by atoms with Crippen LogP contribution in [0.1, 0.15) is 0 Å². The third kappa shape index (κ3) is 5.26. The van der Waals surface area contributed by atoms with Crippen LogP contribution in [0.5, 0.6) is 11.5 Å². The van der Waals surface area contributed by atoms with Crippen molar-refractivity contribution in [2.24, 2.45) is 0 Å². The van der Waals surface area contributed by atoms with Gasteiger partial charge < -0.3 is 14.8 Å². The quantitative estimate of drug-likeness (QED) is 0.725. The topological polar surface area (TPSA) is 84.9 Å². The number of anilines is 1.